The Balaban J connectivity index is 1.38. The van der Waals surface area contributed by atoms with E-state index in [0.29, 0.717) is 42.7 Å². The maximum Gasteiger partial charge on any atom is 0.251 e. The third-order valence-corrected chi connectivity index (χ3v) is 4.43. The highest BCUT2D eigenvalue weighted by Crippen LogP contribution is 2.14. The van der Waals surface area contributed by atoms with Gasteiger partial charge in [0.25, 0.3) is 5.91 Å². The van der Waals surface area contributed by atoms with Crippen LogP contribution < -0.4 is 20.7 Å². The van der Waals surface area contributed by atoms with Crippen LogP contribution >= 0.6 is 0 Å². The quantitative estimate of drug-likeness (QED) is 0.404. The molecule has 0 spiro atoms. The smallest absolute Gasteiger partial charge is 0.251 e. The molecule has 0 saturated carbocycles. The Bertz CT molecular complexity index is 943. The van der Waals surface area contributed by atoms with Crippen molar-refractivity contribution in [3.63, 3.8) is 0 Å². The third-order valence-electron chi connectivity index (χ3n) is 4.43. The van der Waals surface area contributed by atoms with Crippen molar-refractivity contribution < 1.29 is 9.53 Å². The van der Waals surface area contributed by atoms with Crippen LogP contribution in [-0.4, -0.2) is 40.8 Å². The lowest BCUT2D eigenvalue weighted by molar-refractivity contribution is 0.0955. The molecule has 0 unspecified atom stereocenters. The predicted octanol–water partition coefficient (Wildman–Crippen LogP) is 3.94. The second-order valence-electron chi connectivity index (χ2n) is 7.06. The van der Waals surface area contributed by atoms with Crippen molar-refractivity contribution in [3.8, 4) is 5.75 Å². The van der Waals surface area contributed by atoms with E-state index in [1.165, 1.54) is 0 Å². The first-order valence-electron chi connectivity index (χ1n) is 10.4. The number of amides is 1. The number of anilines is 3. The molecule has 0 fully saturated rings. The number of carbonyl (C=O) groups is 1. The van der Waals surface area contributed by atoms with Crippen LogP contribution in [-0.2, 0) is 0 Å². The fraction of sp³-hybridized carbons (Fsp3) is 0.304. The molecule has 0 saturated heterocycles. The summed E-state index contributed by atoms with van der Waals surface area (Å²) < 4.78 is 5.61. The number of nitrogens with zero attached hydrogens (tertiary/aromatic N) is 3. The number of carbonyl (C=O) groups excluding carboxylic acids is 1. The number of unbranched alkanes of at least 4 members (excludes halogenated alkanes) is 1. The molecule has 1 amide bonds. The number of hydrogen-bond acceptors (Lipinski definition) is 7. The summed E-state index contributed by atoms with van der Waals surface area (Å²) in [5.41, 5.74) is 1.69. The molecule has 0 atom stereocenters. The standard InChI is InChI=1S/C23H28N6O2/c1-3-4-15-31-19-8-6-18(7-9-19)23(30)25-14-13-24-21-11-12-22(29-28-21)27-20-10-5-17(2)16-26-20/h5-12,16H,3-4,13-15H2,1-2H3,(H,24,28)(H,25,30)(H,26,27,29). The monoisotopic (exact) mass is 420 g/mol. The van der Waals surface area contributed by atoms with Gasteiger partial charge in [-0.2, -0.15) is 0 Å². The van der Waals surface area contributed by atoms with Gasteiger partial charge in [0.1, 0.15) is 17.4 Å². The zero-order chi connectivity index (χ0) is 21.9. The minimum atomic E-state index is -0.127. The molecule has 2 aromatic heterocycles. The fourth-order valence-corrected chi connectivity index (χ4v) is 2.67. The van der Waals surface area contributed by atoms with Crippen molar-refractivity contribution >= 4 is 23.4 Å². The lowest BCUT2D eigenvalue weighted by Gasteiger charge is -2.09. The summed E-state index contributed by atoms with van der Waals surface area (Å²) in [4.78, 5) is 16.5. The van der Waals surface area contributed by atoms with Gasteiger partial charge in [0.05, 0.1) is 6.61 Å². The Labute approximate surface area is 182 Å². The molecule has 0 aliphatic rings. The SMILES string of the molecule is CCCCOc1ccc(C(=O)NCCNc2ccc(Nc3ccc(C)cn3)nn2)cc1. The predicted molar refractivity (Wildman–Crippen MR) is 122 cm³/mol. The molecule has 3 aromatic rings. The van der Waals surface area contributed by atoms with Crippen LogP contribution in [0.5, 0.6) is 5.75 Å². The third kappa shape index (κ3) is 7.26. The lowest BCUT2D eigenvalue weighted by atomic mass is 10.2. The minimum Gasteiger partial charge on any atom is -0.494 e. The highest BCUT2D eigenvalue weighted by atomic mass is 16.5. The number of aryl methyl sites for hydroxylation is 1. The first kappa shape index (κ1) is 22.0. The van der Waals surface area contributed by atoms with Gasteiger partial charge in [-0.1, -0.05) is 19.4 Å². The molecular weight excluding hydrogens is 392 g/mol. The molecule has 0 bridgehead atoms. The van der Waals surface area contributed by atoms with Crippen molar-refractivity contribution in [1.29, 1.82) is 0 Å². The van der Waals surface area contributed by atoms with Gasteiger partial charge in [0.2, 0.25) is 0 Å². The van der Waals surface area contributed by atoms with Gasteiger partial charge < -0.3 is 20.7 Å². The first-order chi connectivity index (χ1) is 15.1. The normalized spacial score (nSPS) is 10.4. The highest BCUT2D eigenvalue weighted by Gasteiger charge is 2.05. The molecule has 0 aliphatic heterocycles. The average Bonchev–Trinajstić information content (AvgIpc) is 2.80. The number of benzene rings is 1. The maximum absolute atomic E-state index is 12.2. The number of nitrogens with one attached hydrogen (secondary N) is 3. The van der Waals surface area contributed by atoms with Gasteiger partial charge in [-0.05, 0) is 61.4 Å². The molecule has 3 N–H and O–H groups in total. The van der Waals surface area contributed by atoms with Crippen LogP contribution in [0.1, 0.15) is 35.7 Å². The van der Waals surface area contributed by atoms with Crippen LogP contribution in [0.2, 0.25) is 0 Å². The average molecular weight is 421 g/mol. The Hall–Kier alpha value is -3.68. The zero-order valence-corrected chi connectivity index (χ0v) is 17.9. The first-order valence-corrected chi connectivity index (χ1v) is 10.4. The van der Waals surface area contributed by atoms with E-state index in [-0.39, 0.29) is 5.91 Å². The Morgan fingerprint density at radius 2 is 1.68 bits per heavy atom. The topological polar surface area (TPSA) is 101 Å². The van der Waals surface area contributed by atoms with E-state index in [1.807, 2.05) is 43.3 Å². The maximum atomic E-state index is 12.2. The van der Waals surface area contributed by atoms with Gasteiger partial charge in [-0.3, -0.25) is 4.79 Å². The highest BCUT2D eigenvalue weighted by molar-refractivity contribution is 5.94. The second-order valence-corrected chi connectivity index (χ2v) is 7.06. The van der Waals surface area contributed by atoms with Crippen LogP contribution in [0, 0.1) is 6.92 Å². The fourth-order valence-electron chi connectivity index (χ4n) is 2.67. The van der Waals surface area contributed by atoms with E-state index in [0.717, 1.165) is 24.2 Å². The summed E-state index contributed by atoms with van der Waals surface area (Å²) in [6, 6.07) is 14.7. The van der Waals surface area contributed by atoms with E-state index in [4.69, 9.17) is 4.74 Å². The molecule has 3 rings (SSSR count). The summed E-state index contributed by atoms with van der Waals surface area (Å²) in [6.45, 7) is 5.79. The molecule has 8 nitrogen and oxygen atoms in total. The molecule has 0 radical (unpaired) electrons. The molecule has 162 valence electrons. The second kappa shape index (κ2) is 11.5. The number of ether oxygens (including phenoxy) is 1. The van der Waals surface area contributed by atoms with Gasteiger partial charge in [0, 0.05) is 24.8 Å². The van der Waals surface area contributed by atoms with Gasteiger partial charge in [-0.15, -0.1) is 10.2 Å². The van der Waals surface area contributed by atoms with Gasteiger partial charge in [0.15, 0.2) is 5.82 Å². The van der Waals surface area contributed by atoms with E-state index < -0.39 is 0 Å². The van der Waals surface area contributed by atoms with Crippen LogP contribution in [0.4, 0.5) is 17.5 Å². The Morgan fingerprint density at radius 3 is 2.35 bits per heavy atom. The largest absolute Gasteiger partial charge is 0.494 e. The van der Waals surface area contributed by atoms with Crippen molar-refractivity contribution in [2.45, 2.75) is 26.7 Å². The molecule has 1 aromatic carbocycles. The van der Waals surface area contributed by atoms with Crippen molar-refractivity contribution in [2.75, 3.05) is 30.3 Å². The van der Waals surface area contributed by atoms with Crippen molar-refractivity contribution in [3.05, 3.63) is 65.9 Å². The van der Waals surface area contributed by atoms with Crippen LogP contribution in [0.25, 0.3) is 0 Å². The van der Waals surface area contributed by atoms with E-state index in [2.05, 4.69) is 38.1 Å². The number of aromatic nitrogens is 3. The summed E-state index contributed by atoms with van der Waals surface area (Å²) in [5, 5.41) is 17.4. The molecule has 0 aliphatic carbocycles. The number of rotatable bonds is 11. The Kier molecular flexibility index (Phi) is 8.16. The zero-order valence-electron chi connectivity index (χ0n) is 17.9. The molecule has 8 heteroatoms. The van der Waals surface area contributed by atoms with E-state index >= 15 is 0 Å². The summed E-state index contributed by atoms with van der Waals surface area (Å²) >= 11 is 0. The summed E-state index contributed by atoms with van der Waals surface area (Å²) in [6.07, 6.45) is 3.89. The lowest BCUT2D eigenvalue weighted by Crippen LogP contribution is -2.28. The molecular formula is C23H28N6O2. The van der Waals surface area contributed by atoms with Gasteiger partial charge in [-0.25, -0.2) is 4.98 Å². The van der Waals surface area contributed by atoms with Crippen LogP contribution in [0.3, 0.4) is 0 Å². The van der Waals surface area contributed by atoms with Crippen molar-refractivity contribution in [2.24, 2.45) is 0 Å². The summed E-state index contributed by atoms with van der Waals surface area (Å²) in [5.74, 6) is 2.60. The van der Waals surface area contributed by atoms with E-state index in [1.54, 1.807) is 18.3 Å². The molecule has 31 heavy (non-hydrogen) atoms. The number of hydrogen-bond donors (Lipinski definition) is 3. The summed E-state index contributed by atoms with van der Waals surface area (Å²) in [7, 11) is 0. The Morgan fingerprint density at radius 1 is 0.935 bits per heavy atom. The molecule has 2 heterocycles. The number of pyridine rings is 1. The minimum absolute atomic E-state index is 0.127. The van der Waals surface area contributed by atoms with Crippen LogP contribution in [0.15, 0.2) is 54.7 Å². The van der Waals surface area contributed by atoms with Gasteiger partial charge >= 0.3 is 0 Å². The van der Waals surface area contributed by atoms with E-state index in [9.17, 15) is 4.79 Å². The van der Waals surface area contributed by atoms with Crippen molar-refractivity contribution in [1.82, 2.24) is 20.5 Å².